The number of anilines is 1. The molecule has 1 saturated carbocycles. The SMILES string of the molecule is CC(C)(C(=O)Nc1ccc(OCc2ccc(Cl)cc2)cc1)C(=O)NC1CC1. The summed E-state index contributed by atoms with van der Waals surface area (Å²) in [6.07, 6.45) is 1.97. The third-order valence-electron chi connectivity index (χ3n) is 4.48. The van der Waals surface area contributed by atoms with Crippen molar-refractivity contribution in [1.29, 1.82) is 0 Å². The van der Waals surface area contributed by atoms with Gasteiger partial charge < -0.3 is 15.4 Å². The van der Waals surface area contributed by atoms with Crippen molar-refractivity contribution in [3.8, 4) is 5.75 Å². The van der Waals surface area contributed by atoms with E-state index in [1.165, 1.54) is 0 Å². The molecule has 0 spiro atoms. The van der Waals surface area contributed by atoms with Crippen molar-refractivity contribution in [3.05, 3.63) is 59.1 Å². The van der Waals surface area contributed by atoms with Crippen LogP contribution in [0.15, 0.2) is 48.5 Å². The first-order valence-electron chi connectivity index (χ1n) is 8.94. The maximum Gasteiger partial charge on any atom is 0.239 e. The minimum Gasteiger partial charge on any atom is -0.489 e. The van der Waals surface area contributed by atoms with Gasteiger partial charge in [-0.1, -0.05) is 23.7 Å². The zero-order chi connectivity index (χ0) is 19.4. The van der Waals surface area contributed by atoms with Gasteiger partial charge in [-0.05, 0) is 68.7 Å². The number of nitrogens with one attached hydrogen (secondary N) is 2. The molecule has 142 valence electrons. The van der Waals surface area contributed by atoms with E-state index in [4.69, 9.17) is 16.3 Å². The van der Waals surface area contributed by atoms with Crippen LogP contribution in [0.4, 0.5) is 5.69 Å². The summed E-state index contributed by atoms with van der Waals surface area (Å²) in [6, 6.07) is 14.7. The highest BCUT2D eigenvalue weighted by atomic mass is 35.5. The fraction of sp³-hybridized carbons (Fsp3) is 0.333. The van der Waals surface area contributed by atoms with Crippen LogP contribution in [0, 0.1) is 5.41 Å². The lowest BCUT2D eigenvalue weighted by Gasteiger charge is -2.22. The normalized spacial score (nSPS) is 13.7. The van der Waals surface area contributed by atoms with Crippen LogP contribution in [0.3, 0.4) is 0 Å². The average molecular weight is 387 g/mol. The molecule has 0 aliphatic heterocycles. The zero-order valence-corrected chi connectivity index (χ0v) is 16.2. The molecule has 2 aromatic rings. The van der Waals surface area contributed by atoms with Gasteiger partial charge in [0.1, 0.15) is 17.8 Å². The summed E-state index contributed by atoms with van der Waals surface area (Å²) in [7, 11) is 0. The number of hydrogen-bond acceptors (Lipinski definition) is 3. The van der Waals surface area contributed by atoms with Crippen LogP contribution in [0.5, 0.6) is 5.75 Å². The predicted octanol–water partition coefficient (Wildman–Crippen LogP) is 4.16. The largest absolute Gasteiger partial charge is 0.489 e. The Morgan fingerprint density at radius 1 is 1.04 bits per heavy atom. The third-order valence-corrected chi connectivity index (χ3v) is 4.73. The second-order valence-electron chi connectivity index (χ2n) is 7.27. The number of hydrogen-bond donors (Lipinski definition) is 2. The quantitative estimate of drug-likeness (QED) is 0.702. The van der Waals surface area contributed by atoms with Gasteiger partial charge in [-0.15, -0.1) is 0 Å². The van der Waals surface area contributed by atoms with Crippen molar-refractivity contribution in [2.75, 3.05) is 5.32 Å². The Bertz CT molecular complexity index is 812. The molecule has 0 bridgehead atoms. The van der Waals surface area contributed by atoms with Crippen LogP contribution in [-0.2, 0) is 16.2 Å². The summed E-state index contributed by atoms with van der Waals surface area (Å²) in [6.45, 7) is 3.69. The van der Waals surface area contributed by atoms with Crippen LogP contribution < -0.4 is 15.4 Å². The molecule has 1 aliphatic rings. The molecule has 0 saturated heterocycles. The van der Waals surface area contributed by atoms with Crippen LogP contribution in [0.2, 0.25) is 5.02 Å². The molecule has 27 heavy (non-hydrogen) atoms. The van der Waals surface area contributed by atoms with Gasteiger partial charge in [0.15, 0.2) is 0 Å². The highest BCUT2D eigenvalue weighted by Crippen LogP contribution is 2.25. The Kier molecular flexibility index (Phi) is 5.71. The summed E-state index contributed by atoms with van der Waals surface area (Å²) in [5.74, 6) is 0.106. The predicted molar refractivity (Wildman–Crippen MR) is 106 cm³/mol. The number of halogens is 1. The second kappa shape index (κ2) is 8.01. The van der Waals surface area contributed by atoms with Gasteiger partial charge in [-0.25, -0.2) is 0 Å². The lowest BCUT2D eigenvalue weighted by molar-refractivity contribution is -0.138. The Hall–Kier alpha value is -2.53. The van der Waals surface area contributed by atoms with Crippen LogP contribution in [0.1, 0.15) is 32.3 Å². The first-order valence-corrected chi connectivity index (χ1v) is 9.32. The van der Waals surface area contributed by atoms with Crippen LogP contribution in [0.25, 0.3) is 0 Å². The number of rotatable bonds is 7. The Morgan fingerprint density at radius 3 is 2.26 bits per heavy atom. The first kappa shape index (κ1) is 19.2. The van der Waals surface area contributed by atoms with Crippen molar-refractivity contribution in [1.82, 2.24) is 5.32 Å². The monoisotopic (exact) mass is 386 g/mol. The molecule has 0 unspecified atom stereocenters. The van der Waals surface area contributed by atoms with Crippen molar-refractivity contribution in [3.63, 3.8) is 0 Å². The molecule has 2 aromatic carbocycles. The van der Waals surface area contributed by atoms with E-state index in [1.54, 1.807) is 38.1 Å². The highest BCUT2D eigenvalue weighted by molar-refractivity contribution is 6.30. The van der Waals surface area contributed by atoms with Gasteiger partial charge in [0.25, 0.3) is 0 Å². The molecule has 5 nitrogen and oxygen atoms in total. The van der Waals surface area contributed by atoms with E-state index < -0.39 is 5.41 Å². The van der Waals surface area contributed by atoms with Crippen LogP contribution in [-0.4, -0.2) is 17.9 Å². The standard InChI is InChI=1S/C21H23ClN2O3/c1-21(2,19(25)23-16-7-8-16)20(26)24-17-9-11-18(12-10-17)27-13-14-3-5-15(22)6-4-14/h3-6,9-12,16H,7-8,13H2,1-2H3,(H,23,25)(H,24,26). The van der Waals surface area contributed by atoms with E-state index in [-0.39, 0.29) is 17.9 Å². The van der Waals surface area contributed by atoms with Crippen molar-refractivity contribution in [2.45, 2.75) is 39.3 Å². The number of carbonyl (C=O) groups is 2. The molecule has 1 aliphatic carbocycles. The molecule has 2 N–H and O–H groups in total. The van der Waals surface area contributed by atoms with Gasteiger partial charge >= 0.3 is 0 Å². The van der Waals surface area contributed by atoms with E-state index >= 15 is 0 Å². The molecule has 6 heteroatoms. The molecule has 1 fully saturated rings. The van der Waals surface area contributed by atoms with Crippen molar-refractivity contribution >= 4 is 29.1 Å². The highest BCUT2D eigenvalue weighted by Gasteiger charge is 2.38. The summed E-state index contributed by atoms with van der Waals surface area (Å²) in [4.78, 5) is 24.7. The maximum absolute atomic E-state index is 12.5. The number of benzene rings is 2. The molecular weight excluding hydrogens is 364 g/mol. The van der Waals surface area contributed by atoms with Crippen LogP contribution >= 0.6 is 11.6 Å². The minimum absolute atomic E-state index is 0.224. The lowest BCUT2D eigenvalue weighted by atomic mass is 9.91. The van der Waals surface area contributed by atoms with Gasteiger partial charge in [0.2, 0.25) is 11.8 Å². The van der Waals surface area contributed by atoms with E-state index in [0.29, 0.717) is 23.1 Å². The minimum atomic E-state index is -1.13. The first-order chi connectivity index (χ1) is 12.8. The number of carbonyl (C=O) groups excluding carboxylic acids is 2. The van der Waals surface area contributed by atoms with Gasteiger partial charge in [-0.2, -0.15) is 0 Å². The lowest BCUT2D eigenvalue weighted by Crippen LogP contribution is -2.45. The number of ether oxygens (including phenoxy) is 1. The number of amides is 2. The van der Waals surface area contributed by atoms with Gasteiger partial charge in [0, 0.05) is 16.8 Å². The maximum atomic E-state index is 12.5. The summed E-state index contributed by atoms with van der Waals surface area (Å²) >= 11 is 5.87. The summed E-state index contributed by atoms with van der Waals surface area (Å²) < 4.78 is 5.73. The van der Waals surface area contributed by atoms with Crippen molar-refractivity contribution in [2.24, 2.45) is 5.41 Å². The molecular formula is C21H23ClN2O3. The second-order valence-corrected chi connectivity index (χ2v) is 7.70. The fourth-order valence-corrected chi connectivity index (χ4v) is 2.49. The Balaban J connectivity index is 1.54. The molecule has 3 rings (SSSR count). The topological polar surface area (TPSA) is 67.4 Å². The zero-order valence-electron chi connectivity index (χ0n) is 15.4. The smallest absolute Gasteiger partial charge is 0.239 e. The van der Waals surface area contributed by atoms with E-state index in [1.807, 2.05) is 24.3 Å². The molecule has 0 heterocycles. The molecule has 0 aromatic heterocycles. The molecule has 2 amide bonds. The van der Waals surface area contributed by atoms with E-state index in [0.717, 1.165) is 18.4 Å². The molecule has 0 atom stereocenters. The molecule has 0 radical (unpaired) electrons. The third kappa shape index (κ3) is 5.23. The Labute approximate surface area is 164 Å². The van der Waals surface area contributed by atoms with E-state index in [2.05, 4.69) is 10.6 Å². The Morgan fingerprint density at radius 2 is 1.67 bits per heavy atom. The summed E-state index contributed by atoms with van der Waals surface area (Å²) in [5, 5.41) is 6.36. The van der Waals surface area contributed by atoms with Crippen molar-refractivity contribution < 1.29 is 14.3 Å². The van der Waals surface area contributed by atoms with Gasteiger partial charge in [-0.3, -0.25) is 9.59 Å². The summed E-state index contributed by atoms with van der Waals surface area (Å²) in [5.41, 5.74) is 0.498. The van der Waals surface area contributed by atoms with E-state index in [9.17, 15) is 9.59 Å². The average Bonchev–Trinajstić information content (AvgIpc) is 3.46. The fourth-order valence-electron chi connectivity index (χ4n) is 2.37. The van der Waals surface area contributed by atoms with Gasteiger partial charge in [0.05, 0.1) is 0 Å².